The van der Waals surface area contributed by atoms with Gasteiger partial charge in [0.25, 0.3) is 11.8 Å². The maximum Gasteiger partial charge on any atom is 0.251 e. The van der Waals surface area contributed by atoms with Crippen LogP contribution in [0.3, 0.4) is 0 Å². The largest absolute Gasteiger partial charge is 0.493 e. The monoisotopic (exact) mass is 525 g/mol. The smallest absolute Gasteiger partial charge is 0.251 e. The molecule has 0 radical (unpaired) electrons. The number of carbonyl (C=O) groups is 2. The molecule has 204 valence electrons. The minimum absolute atomic E-state index is 0.0430. The molecule has 0 atom stereocenters. The molecule has 6 nitrogen and oxygen atoms in total. The van der Waals surface area contributed by atoms with Crippen LogP contribution in [0.5, 0.6) is 5.75 Å². The third-order valence-electron chi connectivity index (χ3n) is 7.57. The number of ether oxygens (including phenoxy) is 1. The van der Waals surface area contributed by atoms with E-state index in [2.05, 4.69) is 39.8 Å². The topological polar surface area (TPSA) is 70.7 Å². The fraction of sp³-hybridized carbons (Fsp3) is 0.394. The summed E-state index contributed by atoms with van der Waals surface area (Å²) in [5, 5.41) is 6.11. The Bertz CT molecular complexity index is 1280. The molecule has 5 rings (SSSR count). The predicted octanol–water partition coefficient (Wildman–Crippen LogP) is 5.49. The lowest BCUT2D eigenvalue weighted by atomic mass is 9.99. The normalized spacial score (nSPS) is 16.8. The Morgan fingerprint density at radius 3 is 2.59 bits per heavy atom. The highest BCUT2D eigenvalue weighted by molar-refractivity contribution is 5.95. The molecular weight excluding hydrogens is 486 g/mol. The van der Waals surface area contributed by atoms with Crippen molar-refractivity contribution in [3.05, 3.63) is 100 Å². The number of rotatable bonds is 5. The zero-order valence-electron chi connectivity index (χ0n) is 22.7. The zero-order chi connectivity index (χ0) is 26.9. The van der Waals surface area contributed by atoms with Gasteiger partial charge in [-0.25, -0.2) is 0 Å². The summed E-state index contributed by atoms with van der Waals surface area (Å²) in [7, 11) is 0. The van der Waals surface area contributed by atoms with Crippen LogP contribution < -0.4 is 15.4 Å². The molecule has 2 bridgehead atoms. The molecule has 2 N–H and O–H groups in total. The molecule has 2 amide bonds. The molecule has 1 fully saturated rings. The van der Waals surface area contributed by atoms with Gasteiger partial charge in [-0.1, -0.05) is 42.8 Å². The number of hydrogen-bond acceptors (Lipinski definition) is 4. The minimum atomic E-state index is -0.105. The summed E-state index contributed by atoms with van der Waals surface area (Å²) >= 11 is 0. The Morgan fingerprint density at radius 2 is 1.69 bits per heavy atom. The summed E-state index contributed by atoms with van der Waals surface area (Å²) < 4.78 is 6.14. The molecule has 39 heavy (non-hydrogen) atoms. The summed E-state index contributed by atoms with van der Waals surface area (Å²) in [4.78, 5) is 28.2. The molecule has 0 spiro atoms. The summed E-state index contributed by atoms with van der Waals surface area (Å²) in [6, 6.07) is 21.9. The summed E-state index contributed by atoms with van der Waals surface area (Å²) in [5.74, 6) is 0.647. The molecule has 2 heterocycles. The molecule has 0 aromatic heterocycles. The van der Waals surface area contributed by atoms with Crippen molar-refractivity contribution in [1.29, 1.82) is 0 Å². The van der Waals surface area contributed by atoms with Crippen LogP contribution in [-0.2, 0) is 19.5 Å². The first-order chi connectivity index (χ1) is 19.1. The molecule has 0 unspecified atom stereocenters. The van der Waals surface area contributed by atoms with Crippen molar-refractivity contribution >= 4 is 11.8 Å². The highest BCUT2D eigenvalue weighted by Gasteiger charge is 2.14. The number of amides is 2. The van der Waals surface area contributed by atoms with Crippen LogP contribution in [0.2, 0.25) is 0 Å². The second kappa shape index (κ2) is 13.4. The first-order valence-electron chi connectivity index (χ1n) is 14.4. The van der Waals surface area contributed by atoms with Gasteiger partial charge in [0.1, 0.15) is 5.75 Å². The molecular formula is C33H39N3O3. The maximum absolute atomic E-state index is 13.2. The lowest BCUT2D eigenvalue weighted by Crippen LogP contribution is -2.29. The second-order valence-corrected chi connectivity index (χ2v) is 10.7. The first-order valence-corrected chi connectivity index (χ1v) is 14.4. The van der Waals surface area contributed by atoms with Gasteiger partial charge in [0, 0.05) is 37.2 Å². The number of carbonyl (C=O) groups excluding carboxylic acids is 2. The maximum atomic E-state index is 13.2. The van der Waals surface area contributed by atoms with Gasteiger partial charge in [0.05, 0.1) is 6.61 Å². The van der Waals surface area contributed by atoms with E-state index in [4.69, 9.17) is 4.74 Å². The van der Waals surface area contributed by atoms with Gasteiger partial charge in [0.2, 0.25) is 0 Å². The van der Waals surface area contributed by atoms with Gasteiger partial charge in [-0.2, -0.15) is 0 Å². The molecule has 2 aliphatic heterocycles. The number of fused-ring (bicyclic) bond motifs is 3. The van der Waals surface area contributed by atoms with Crippen LogP contribution in [0.15, 0.2) is 66.7 Å². The van der Waals surface area contributed by atoms with Crippen molar-refractivity contribution in [2.45, 2.75) is 58.0 Å². The summed E-state index contributed by atoms with van der Waals surface area (Å²) in [5.41, 5.74) is 5.62. The van der Waals surface area contributed by atoms with E-state index in [9.17, 15) is 9.59 Å². The Morgan fingerprint density at radius 1 is 0.872 bits per heavy atom. The fourth-order valence-corrected chi connectivity index (χ4v) is 5.43. The zero-order valence-corrected chi connectivity index (χ0v) is 22.7. The Labute approximate surface area is 231 Å². The number of nitrogens with zero attached hydrogens (tertiary/aromatic N) is 1. The van der Waals surface area contributed by atoms with Gasteiger partial charge in [0.15, 0.2) is 0 Å². The molecule has 3 aromatic carbocycles. The van der Waals surface area contributed by atoms with E-state index in [1.165, 1.54) is 37.9 Å². The van der Waals surface area contributed by atoms with Crippen LogP contribution in [0.25, 0.3) is 0 Å². The average molecular weight is 526 g/mol. The highest BCUT2D eigenvalue weighted by atomic mass is 16.5. The van der Waals surface area contributed by atoms with Crippen molar-refractivity contribution in [3.8, 4) is 5.75 Å². The number of hydrogen-bond donors (Lipinski definition) is 2. The van der Waals surface area contributed by atoms with Gasteiger partial charge < -0.3 is 15.4 Å². The Kier molecular flexibility index (Phi) is 9.28. The molecule has 6 heteroatoms. The van der Waals surface area contributed by atoms with Gasteiger partial charge in [-0.05, 0) is 97.8 Å². The van der Waals surface area contributed by atoms with Gasteiger partial charge in [-0.3, -0.25) is 14.5 Å². The van der Waals surface area contributed by atoms with E-state index in [0.717, 1.165) is 48.2 Å². The van der Waals surface area contributed by atoms with E-state index in [1.54, 1.807) is 0 Å². The lowest BCUT2D eigenvalue weighted by Gasteiger charge is -2.26. The van der Waals surface area contributed by atoms with Crippen LogP contribution in [0, 0.1) is 0 Å². The van der Waals surface area contributed by atoms with Gasteiger partial charge >= 0.3 is 0 Å². The molecule has 2 aliphatic rings. The van der Waals surface area contributed by atoms with Crippen LogP contribution >= 0.6 is 0 Å². The third kappa shape index (κ3) is 7.70. The second-order valence-electron chi connectivity index (χ2n) is 10.7. The lowest BCUT2D eigenvalue weighted by molar-refractivity contribution is 0.0944. The molecule has 0 aliphatic carbocycles. The third-order valence-corrected chi connectivity index (χ3v) is 7.57. The van der Waals surface area contributed by atoms with Crippen molar-refractivity contribution < 1.29 is 14.3 Å². The van der Waals surface area contributed by atoms with E-state index >= 15 is 0 Å². The van der Waals surface area contributed by atoms with Crippen LogP contribution in [-0.4, -0.2) is 43.0 Å². The SMILES string of the molecule is O=C1NCCCCCOc2ccc(C(=O)NCc3cccc(CN4CCCCC4)c3)cc2Cc2cccc1c2. The predicted molar refractivity (Wildman–Crippen MR) is 154 cm³/mol. The van der Waals surface area contributed by atoms with Crippen LogP contribution in [0.1, 0.15) is 81.5 Å². The number of benzene rings is 3. The fourth-order valence-electron chi connectivity index (χ4n) is 5.43. The average Bonchev–Trinajstić information content (AvgIpc) is 2.96. The number of piperidine rings is 1. The molecule has 1 saturated heterocycles. The van der Waals surface area contributed by atoms with Crippen molar-refractivity contribution in [2.24, 2.45) is 0 Å². The van der Waals surface area contributed by atoms with E-state index in [0.29, 0.717) is 37.2 Å². The number of likely N-dealkylation sites (tertiary alicyclic amines) is 1. The Balaban J connectivity index is 1.28. The van der Waals surface area contributed by atoms with Crippen molar-refractivity contribution in [3.63, 3.8) is 0 Å². The number of nitrogens with one attached hydrogen (secondary N) is 2. The van der Waals surface area contributed by atoms with Crippen molar-refractivity contribution in [1.82, 2.24) is 15.5 Å². The van der Waals surface area contributed by atoms with Gasteiger partial charge in [-0.15, -0.1) is 0 Å². The van der Waals surface area contributed by atoms with E-state index in [1.807, 2.05) is 42.5 Å². The summed E-state index contributed by atoms with van der Waals surface area (Å²) in [6.07, 6.45) is 7.29. The van der Waals surface area contributed by atoms with E-state index < -0.39 is 0 Å². The molecule has 0 saturated carbocycles. The molecule has 3 aromatic rings. The standard InChI is InChI=1S/C33H39N3O3/c37-32-28-12-8-9-25(20-28)21-30-22-29(13-14-31(30)39-18-6-1-3-15-34-32)33(38)35-23-26-10-7-11-27(19-26)24-36-16-4-2-5-17-36/h7-14,19-20,22H,1-6,15-18,21,23-24H2,(H,34,37)(H,35,38). The quantitative estimate of drug-likeness (QED) is 0.462. The summed E-state index contributed by atoms with van der Waals surface area (Å²) in [6.45, 7) is 5.06. The minimum Gasteiger partial charge on any atom is -0.493 e. The Hall–Kier alpha value is -3.64. The first kappa shape index (κ1) is 26.9. The highest BCUT2D eigenvalue weighted by Crippen LogP contribution is 2.25. The van der Waals surface area contributed by atoms with Crippen molar-refractivity contribution in [2.75, 3.05) is 26.2 Å². The van der Waals surface area contributed by atoms with Crippen LogP contribution in [0.4, 0.5) is 0 Å². The van der Waals surface area contributed by atoms with E-state index in [-0.39, 0.29) is 11.8 Å².